The van der Waals surface area contributed by atoms with Gasteiger partial charge in [-0.3, -0.25) is 4.79 Å². The van der Waals surface area contributed by atoms with Crippen molar-refractivity contribution in [1.29, 1.82) is 0 Å². The van der Waals surface area contributed by atoms with E-state index in [1.54, 1.807) is 0 Å². The van der Waals surface area contributed by atoms with Crippen LogP contribution in [0.1, 0.15) is 18.9 Å². The van der Waals surface area contributed by atoms with Gasteiger partial charge in [0.25, 0.3) is 5.91 Å². The van der Waals surface area contributed by atoms with Crippen LogP contribution in [0.4, 0.5) is 0 Å². The zero-order valence-electron chi connectivity index (χ0n) is 11.2. The predicted octanol–water partition coefficient (Wildman–Crippen LogP) is 1.19. The molecule has 3 rings (SSSR count). The first-order valence-corrected chi connectivity index (χ1v) is 6.92. The van der Waals surface area contributed by atoms with Crippen molar-refractivity contribution in [3.8, 4) is 5.75 Å². The highest BCUT2D eigenvalue weighted by molar-refractivity contribution is 5.82. The summed E-state index contributed by atoms with van der Waals surface area (Å²) < 4.78 is 5.76. The Balaban J connectivity index is 1.69. The van der Waals surface area contributed by atoms with Gasteiger partial charge in [-0.15, -0.1) is 0 Å². The molecule has 1 amide bonds. The molecule has 19 heavy (non-hydrogen) atoms. The van der Waals surface area contributed by atoms with Gasteiger partial charge in [0.15, 0.2) is 6.10 Å². The van der Waals surface area contributed by atoms with E-state index in [1.807, 2.05) is 29.2 Å². The smallest absolute Gasteiger partial charge is 0.264 e. The summed E-state index contributed by atoms with van der Waals surface area (Å²) in [4.78, 5) is 14.4. The van der Waals surface area contributed by atoms with E-state index in [9.17, 15) is 4.79 Å². The Morgan fingerprint density at radius 2 is 2.16 bits per heavy atom. The van der Waals surface area contributed by atoms with Crippen LogP contribution in [0, 0.1) is 5.92 Å². The number of fused-ring (bicyclic) bond motifs is 1. The Bertz CT molecular complexity index is 454. The van der Waals surface area contributed by atoms with Gasteiger partial charge in [-0.1, -0.05) is 25.1 Å². The fraction of sp³-hybridized carbons (Fsp3) is 0.533. The van der Waals surface area contributed by atoms with E-state index >= 15 is 0 Å². The molecule has 0 bridgehead atoms. The van der Waals surface area contributed by atoms with E-state index in [0.717, 1.165) is 24.3 Å². The van der Waals surface area contributed by atoms with Crippen LogP contribution >= 0.6 is 0 Å². The van der Waals surface area contributed by atoms with Crippen LogP contribution in [0.3, 0.4) is 0 Å². The third kappa shape index (κ3) is 2.45. The van der Waals surface area contributed by atoms with Crippen LogP contribution in [0.2, 0.25) is 0 Å². The van der Waals surface area contributed by atoms with Crippen LogP contribution < -0.4 is 10.5 Å². The van der Waals surface area contributed by atoms with Gasteiger partial charge in [0.1, 0.15) is 5.75 Å². The number of hydrogen-bond acceptors (Lipinski definition) is 3. The number of amides is 1. The van der Waals surface area contributed by atoms with E-state index in [-0.39, 0.29) is 18.1 Å². The first kappa shape index (κ1) is 12.5. The maximum Gasteiger partial charge on any atom is 0.264 e. The molecule has 0 spiro atoms. The molecule has 1 aromatic rings. The molecule has 3 atom stereocenters. The number of nitrogens with two attached hydrogens (primary N) is 1. The molecule has 4 heteroatoms. The van der Waals surface area contributed by atoms with Crippen molar-refractivity contribution in [2.75, 3.05) is 13.1 Å². The summed E-state index contributed by atoms with van der Waals surface area (Å²) in [7, 11) is 0. The second kappa shape index (κ2) is 4.85. The van der Waals surface area contributed by atoms with E-state index in [1.165, 1.54) is 0 Å². The number of ether oxygens (including phenoxy) is 1. The van der Waals surface area contributed by atoms with Gasteiger partial charge in [-0.05, 0) is 24.0 Å². The van der Waals surface area contributed by atoms with Crippen LogP contribution in [0.15, 0.2) is 24.3 Å². The maximum absolute atomic E-state index is 12.5. The van der Waals surface area contributed by atoms with Crippen molar-refractivity contribution in [3.63, 3.8) is 0 Å². The summed E-state index contributed by atoms with van der Waals surface area (Å²) in [6.45, 7) is 3.59. The van der Waals surface area contributed by atoms with Crippen LogP contribution in [0.5, 0.6) is 5.75 Å². The molecule has 0 saturated carbocycles. The van der Waals surface area contributed by atoms with Crippen molar-refractivity contribution in [2.45, 2.75) is 31.9 Å². The maximum atomic E-state index is 12.5. The summed E-state index contributed by atoms with van der Waals surface area (Å²) in [6, 6.07) is 7.95. The number of likely N-dealkylation sites (tertiary alicyclic amines) is 1. The number of piperidine rings is 1. The number of nitrogens with zero attached hydrogens (tertiary/aromatic N) is 1. The number of benzene rings is 1. The minimum absolute atomic E-state index is 0.0817. The molecule has 4 nitrogen and oxygen atoms in total. The van der Waals surface area contributed by atoms with E-state index in [4.69, 9.17) is 10.5 Å². The zero-order chi connectivity index (χ0) is 13.4. The molecule has 2 aliphatic rings. The molecule has 1 fully saturated rings. The summed E-state index contributed by atoms with van der Waals surface area (Å²) in [5.41, 5.74) is 7.12. The molecule has 102 valence electrons. The molecule has 1 aromatic carbocycles. The SMILES string of the molecule is CC1CC(N)CN(C(=O)C2Cc3ccccc3O2)C1. The van der Waals surface area contributed by atoms with E-state index in [2.05, 4.69) is 6.92 Å². The molecular weight excluding hydrogens is 240 g/mol. The average Bonchev–Trinajstić information content (AvgIpc) is 2.80. The minimum Gasteiger partial charge on any atom is -0.480 e. The second-order valence-electron chi connectivity index (χ2n) is 5.76. The fourth-order valence-corrected chi connectivity index (χ4v) is 3.10. The van der Waals surface area contributed by atoms with Gasteiger partial charge < -0.3 is 15.4 Å². The molecule has 2 N–H and O–H groups in total. The Hall–Kier alpha value is -1.55. The highest BCUT2D eigenvalue weighted by atomic mass is 16.5. The van der Waals surface area contributed by atoms with Crippen LogP contribution in [0.25, 0.3) is 0 Å². The first-order chi connectivity index (χ1) is 9.13. The Kier molecular flexibility index (Phi) is 3.19. The topological polar surface area (TPSA) is 55.6 Å². The standard InChI is InChI=1S/C15H20N2O2/c1-10-6-12(16)9-17(8-10)15(18)14-7-11-4-2-3-5-13(11)19-14/h2-5,10,12,14H,6-9,16H2,1H3. The van der Waals surface area contributed by atoms with Crippen LogP contribution in [-0.2, 0) is 11.2 Å². The summed E-state index contributed by atoms with van der Waals surface area (Å²) in [5.74, 6) is 1.39. The molecular formula is C15H20N2O2. The van der Waals surface area contributed by atoms with Gasteiger partial charge >= 0.3 is 0 Å². The first-order valence-electron chi connectivity index (χ1n) is 6.92. The molecule has 3 unspecified atom stereocenters. The number of para-hydroxylation sites is 1. The van der Waals surface area contributed by atoms with Crippen molar-refractivity contribution < 1.29 is 9.53 Å². The Morgan fingerprint density at radius 1 is 1.37 bits per heavy atom. The van der Waals surface area contributed by atoms with E-state index in [0.29, 0.717) is 18.9 Å². The quantitative estimate of drug-likeness (QED) is 0.825. The normalized spacial score (nSPS) is 29.8. The number of rotatable bonds is 1. The Labute approximate surface area is 113 Å². The van der Waals surface area contributed by atoms with Gasteiger partial charge in [0, 0.05) is 25.6 Å². The Morgan fingerprint density at radius 3 is 2.89 bits per heavy atom. The third-order valence-electron chi connectivity index (χ3n) is 3.93. The summed E-state index contributed by atoms with van der Waals surface area (Å²) in [6.07, 6.45) is 1.31. The highest BCUT2D eigenvalue weighted by Gasteiger charge is 2.35. The highest BCUT2D eigenvalue weighted by Crippen LogP contribution is 2.29. The lowest BCUT2D eigenvalue weighted by Crippen LogP contribution is -2.52. The van der Waals surface area contributed by atoms with Gasteiger partial charge in [0.05, 0.1) is 0 Å². The largest absolute Gasteiger partial charge is 0.480 e. The monoisotopic (exact) mass is 260 g/mol. The molecule has 2 heterocycles. The number of carbonyl (C=O) groups excluding carboxylic acids is 1. The molecule has 0 aromatic heterocycles. The molecule has 2 aliphatic heterocycles. The fourth-order valence-electron chi connectivity index (χ4n) is 3.10. The van der Waals surface area contributed by atoms with Gasteiger partial charge in [0.2, 0.25) is 0 Å². The number of carbonyl (C=O) groups is 1. The van der Waals surface area contributed by atoms with Crippen molar-refractivity contribution in [1.82, 2.24) is 4.90 Å². The molecule has 0 aliphatic carbocycles. The third-order valence-corrected chi connectivity index (χ3v) is 3.93. The summed E-state index contributed by atoms with van der Waals surface area (Å²) >= 11 is 0. The lowest BCUT2D eigenvalue weighted by atomic mass is 9.96. The van der Waals surface area contributed by atoms with Crippen LogP contribution in [-0.4, -0.2) is 36.0 Å². The molecule has 1 saturated heterocycles. The number of hydrogen-bond donors (Lipinski definition) is 1. The lowest BCUT2D eigenvalue weighted by Gasteiger charge is -2.35. The summed E-state index contributed by atoms with van der Waals surface area (Å²) in [5, 5.41) is 0. The van der Waals surface area contributed by atoms with E-state index < -0.39 is 0 Å². The van der Waals surface area contributed by atoms with Gasteiger partial charge in [-0.2, -0.15) is 0 Å². The molecule has 0 radical (unpaired) electrons. The second-order valence-corrected chi connectivity index (χ2v) is 5.76. The predicted molar refractivity (Wildman–Crippen MR) is 72.9 cm³/mol. The van der Waals surface area contributed by atoms with Crippen molar-refractivity contribution in [2.24, 2.45) is 11.7 Å². The minimum atomic E-state index is -0.366. The van der Waals surface area contributed by atoms with Crippen molar-refractivity contribution in [3.05, 3.63) is 29.8 Å². The van der Waals surface area contributed by atoms with Gasteiger partial charge in [-0.25, -0.2) is 0 Å². The average molecular weight is 260 g/mol. The zero-order valence-corrected chi connectivity index (χ0v) is 11.2. The van der Waals surface area contributed by atoms with Crippen molar-refractivity contribution >= 4 is 5.91 Å². The lowest BCUT2D eigenvalue weighted by molar-refractivity contribution is -0.140.